The first-order chi connectivity index (χ1) is 14.1. The fraction of sp³-hybridized carbons (Fsp3) is 0.579. The number of hydrogen-bond acceptors (Lipinski definition) is 6. The predicted molar refractivity (Wildman–Crippen MR) is 109 cm³/mol. The van der Waals surface area contributed by atoms with Gasteiger partial charge < -0.3 is 26.0 Å². The Morgan fingerprint density at radius 3 is 2.13 bits per heavy atom. The van der Waals surface area contributed by atoms with Crippen molar-refractivity contribution < 1.29 is 37.3 Å². The van der Waals surface area contributed by atoms with Crippen molar-refractivity contribution >= 4 is 29.4 Å². The van der Waals surface area contributed by atoms with Gasteiger partial charge in [-0.05, 0) is 52.8 Å². The molecular formula is C19H27ClF3N3O5. The summed E-state index contributed by atoms with van der Waals surface area (Å²) in [5.74, 6) is -2.10. The molecule has 0 saturated carbocycles. The van der Waals surface area contributed by atoms with Crippen LogP contribution in [0.3, 0.4) is 0 Å². The molecule has 31 heavy (non-hydrogen) atoms. The second-order valence-electron chi connectivity index (χ2n) is 7.85. The number of nitrogen functional groups attached to an aromatic ring is 1. The molecule has 1 aliphatic rings. The van der Waals surface area contributed by atoms with Gasteiger partial charge >= 0.3 is 18.4 Å². The van der Waals surface area contributed by atoms with Crippen molar-refractivity contribution in [2.45, 2.75) is 58.5 Å². The summed E-state index contributed by atoms with van der Waals surface area (Å²) < 4.78 is 46.4. The number of anilines is 1. The summed E-state index contributed by atoms with van der Waals surface area (Å²) in [5, 5.41) is 8.83. The highest BCUT2D eigenvalue weighted by molar-refractivity contribution is 6.35. The number of likely N-dealkylation sites (tertiary alicyclic amines) is 1. The van der Waals surface area contributed by atoms with E-state index in [9.17, 15) is 22.8 Å². The summed E-state index contributed by atoms with van der Waals surface area (Å²) in [7, 11) is 0. The Morgan fingerprint density at radius 2 is 1.74 bits per heavy atom. The number of ether oxygens (including phenoxy) is 2. The van der Waals surface area contributed by atoms with Crippen molar-refractivity contribution in [2.75, 3.05) is 18.8 Å². The zero-order chi connectivity index (χ0) is 24.0. The molecule has 0 unspecified atom stereocenters. The SMILES string of the molecule is CC(C)(C)OC(N)=O.Nc1c(C(=O)O)cc(OC(F)(F)F)c(CN2CCCCC2)c1Cl. The molecule has 0 radical (unpaired) electrons. The minimum absolute atomic E-state index is 0.0494. The van der Waals surface area contributed by atoms with E-state index in [0.717, 1.165) is 38.4 Å². The third kappa shape index (κ3) is 9.52. The van der Waals surface area contributed by atoms with Crippen molar-refractivity contribution in [3.63, 3.8) is 0 Å². The van der Waals surface area contributed by atoms with Crippen LogP contribution in [0, 0.1) is 0 Å². The normalized spacial score (nSPS) is 14.9. The second kappa shape index (κ2) is 10.8. The number of nitrogens with zero attached hydrogens (tertiary/aromatic N) is 1. The van der Waals surface area contributed by atoms with Gasteiger partial charge in [0.25, 0.3) is 0 Å². The van der Waals surface area contributed by atoms with Crippen LogP contribution in [0.5, 0.6) is 5.75 Å². The monoisotopic (exact) mass is 469 g/mol. The molecule has 1 aromatic carbocycles. The molecule has 0 aliphatic carbocycles. The van der Waals surface area contributed by atoms with E-state index in [4.69, 9.17) is 28.2 Å². The third-order valence-corrected chi connectivity index (χ3v) is 4.49. The molecule has 1 fully saturated rings. The minimum atomic E-state index is -4.95. The molecule has 0 spiro atoms. The summed E-state index contributed by atoms with van der Waals surface area (Å²) in [4.78, 5) is 23.1. The molecule has 1 heterocycles. The van der Waals surface area contributed by atoms with Gasteiger partial charge in [0.05, 0.1) is 16.3 Å². The van der Waals surface area contributed by atoms with E-state index in [2.05, 4.69) is 9.47 Å². The molecule has 1 aliphatic heterocycles. The maximum Gasteiger partial charge on any atom is 0.573 e. The zero-order valence-electron chi connectivity index (χ0n) is 17.5. The Morgan fingerprint density at radius 1 is 1.19 bits per heavy atom. The number of benzene rings is 1. The molecule has 8 nitrogen and oxygen atoms in total. The van der Waals surface area contributed by atoms with Crippen LogP contribution >= 0.6 is 11.6 Å². The summed E-state index contributed by atoms with van der Waals surface area (Å²) in [6.45, 7) is 6.85. The number of halogens is 4. The van der Waals surface area contributed by atoms with Crippen LogP contribution in [0.4, 0.5) is 23.7 Å². The number of hydrogen-bond donors (Lipinski definition) is 3. The number of nitrogens with two attached hydrogens (primary N) is 2. The number of aromatic carboxylic acids is 1. The smallest absolute Gasteiger partial charge is 0.478 e. The van der Waals surface area contributed by atoms with Gasteiger partial charge in [-0.2, -0.15) is 0 Å². The highest BCUT2D eigenvalue weighted by Crippen LogP contribution is 2.38. The van der Waals surface area contributed by atoms with Gasteiger partial charge in [-0.15, -0.1) is 13.2 Å². The lowest BCUT2D eigenvalue weighted by Crippen LogP contribution is -2.30. The van der Waals surface area contributed by atoms with Gasteiger partial charge in [0, 0.05) is 12.1 Å². The lowest BCUT2D eigenvalue weighted by Gasteiger charge is -2.28. The molecule has 2 rings (SSSR count). The molecule has 1 amide bonds. The minimum Gasteiger partial charge on any atom is -0.478 e. The number of carboxylic acids is 1. The number of carbonyl (C=O) groups excluding carboxylic acids is 1. The van der Waals surface area contributed by atoms with Gasteiger partial charge in [-0.1, -0.05) is 18.0 Å². The van der Waals surface area contributed by atoms with E-state index < -0.39 is 35.3 Å². The Balaban J connectivity index is 0.000000512. The van der Waals surface area contributed by atoms with Crippen LogP contribution in [0.15, 0.2) is 6.07 Å². The first-order valence-electron chi connectivity index (χ1n) is 9.41. The number of piperidine rings is 1. The van der Waals surface area contributed by atoms with Crippen molar-refractivity contribution in [3.05, 3.63) is 22.2 Å². The molecule has 1 saturated heterocycles. The topological polar surface area (TPSA) is 128 Å². The van der Waals surface area contributed by atoms with Gasteiger partial charge in [0.15, 0.2) is 0 Å². The third-order valence-electron chi connectivity index (χ3n) is 4.06. The van der Waals surface area contributed by atoms with E-state index in [0.29, 0.717) is 0 Å². The number of amides is 1. The maximum atomic E-state index is 12.6. The molecule has 0 atom stereocenters. The van der Waals surface area contributed by atoms with Crippen LogP contribution in [-0.2, 0) is 11.3 Å². The fourth-order valence-electron chi connectivity index (χ4n) is 2.87. The highest BCUT2D eigenvalue weighted by atomic mass is 35.5. The summed E-state index contributed by atoms with van der Waals surface area (Å²) in [6.07, 6.45) is -2.73. The van der Waals surface area contributed by atoms with E-state index in [1.54, 1.807) is 20.8 Å². The number of carboxylic acid groups (broad SMARTS) is 1. The standard InChI is InChI=1S/C14H16ClF3N2O3.C5H11NO2/c15-11-9(7-20-4-2-1-3-5-20)10(23-14(16,17)18)6-8(12(11)19)13(21)22;1-5(2,3)8-4(6)7/h6H,1-5,7,19H2,(H,21,22);1-3H3,(H2,6,7). The molecule has 176 valence electrons. The van der Waals surface area contributed by atoms with Crippen LogP contribution in [0.25, 0.3) is 0 Å². The van der Waals surface area contributed by atoms with E-state index in [-0.39, 0.29) is 22.8 Å². The largest absolute Gasteiger partial charge is 0.573 e. The number of carbonyl (C=O) groups is 2. The van der Waals surface area contributed by atoms with Crippen LogP contribution < -0.4 is 16.2 Å². The van der Waals surface area contributed by atoms with Crippen molar-refractivity contribution in [2.24, 2.45) is 5.73 Å². The van der Waals surface area contributed by atoms with E-state index in [1.165, 1.54) is 0 Å². The number of rotatable bonds is 4. The molecule has 12 heteroatoms. The molecule has 1 aromatic rings. The van der Waals surface area contributed by atoms with Crippen LogP contribution in [-0.4, -0.2) is 47.1 Å². The lowest BCUT2D eigenvalue weighted by atomic mass is 10.0. The van der Waals surface area contributed by atoms with Crippen molar-refractivity contribution in [1.82, 2.24) is 4.90 Å². The maximum absolute atomic E-state index is 12.6. The first kappa shape index (κ1) is 26.6. The van der Waals surface area contributed by atoms with E-state index >= 15 is 0 Å². The number of primary amides is 1. The molecule has 0 bridgehead atoms. The fourth-order valence-corrected chi connectivity index (χ4v) is 3.12. The zero-order valence-corrected chi connectivity index (χ0v) is 18.3. The predicted octanol–water partition coefficient (Wildman–Crippen LogP) is 4.39. The highest BCUT2D eigenvalue weighted by Gasteiger charge is 2.34. The molecule has 5 N–H and O–H groups in total. The van der Waals surface area contributed by atoms with Crippen molar-refractivity contribution in [3.8, 4) is 5.75 Å². The average Bonchev–Trinajstić information content (AvgIpc) is 2.59. The van der Waals surface area contributed by atoms with Crippen molar-refractivity contribution in [1.29, 1.82) is 0 Å². The summed E-state index contributed by atoms with van der Waals surface area (Å²) in [6, 6.07) is 0.774. The first-order valence-corrected chi connectivity index (χ1v) is 9.79. The van der Waals surface area contributed by atoms with E-state index in [1.807, 2.05) is 4.90 Å². The number of alkyl halides is 3. The second-order valence-corrected chi connectivity index (χ2v) is 8.23. The van der Waals surface area contributed by atoms with Gasteiger partial charge in [0.1, 0.15) is 11.4 Å². The Bertz CT molecular complexity index is 791. The summed E-state index contributed by atoms with van der Waals surface area (Å²) in [5.41, 5.74) is 9.19. The Labute approximate surface area is 183 Å². The molecular weight excluding hydrogens is 443 g/mol. The summed E-state index contributed by atoms with van der Waals surface area (Å²) >= 11 is 6.03. The molecule has 0 aromatic heterocycles. The van der Waals surface area contributed by atoms with Crippen LogP contribution in [0.1, 0.15) is 56.0 Å². The van der Waals surface area contributed by atoms with Crippen LogP contribution in [0.2, 0.25) is 5.02 Å². The van der Waals surface area contributed by atoms with Gasteiger partial charge in [0.2, 0.25) is 0 Å². The van der Waals surface area contributed by atoms with Gasteiger partial charge in [-0.3, -0.25) is 4.90 Å². The average molecular weight is 470 g/mol. The quantitative estimate of drug-likeness (QED) is 0.558. The van der Waals surface area contributed by atoms with Gasteiger partial charge in [-0.25, -0.2) is 9.59 Å². The lowest BCUT2D eigenvalue weighted by molar-refractivity contribution is -0.275. The Kier molecular flexibility index (Phi) is 9.25. The Hall–Kier alpha value is -2.40.